The van der Waals surface area contributed by atoms with Crippen LogP contribution in [-0.2, 0) is 19.0 Å². The summed E-state index contributed by atoms with van der Waals surface area (Å²) in [6.07, 6.45) is -4.46. The van der Waals surface area contributed by atoms with Crippen molar-refractivity contribution in [2.45, 2.75) is 82.6 Å². The number of hydrogen-bond acceptors (Lipinski definition) is 9. The van der Waals surface area contributed by atoms with Crippen LogP contribution in [0.3, 0.4) is 0 Å². The van der Waals surface area contributed by atoms with Crippen LogP contribution in [0.15, 0.2) is 23.3 Å². The number of hydrogen-bond donors (Lipinski definition) is 5. The SMILES string of the molecule is C/C1=C/C[C@@H](O)/C(C)=C/[C@H]2OC(=O)[C@H](C)[C@H]2[C@@H](O[C@@H]2O[C@@H](CO)[C@H](O)[C@@H](O)[C@@H]2O)C1. The Morgan fingerprint density at radius 1 is 1.13 bits per heavy atom. The van der Waals surface area contributed by atoms with Gasteiger partial charge >= 0.3 is 5.97 Å². The van der Waals surface area contributed by atoms with E-state index in [1.54, 1.807) is 19.9 Å². The van der Waals surface area contributed by atoms with Gasteiger partial charge in [-0.25, -0.2) is 0 Å². The van der Waals surface area contributed by atoms with E-state index >= 15 is 0 Å². The highest BCUT2D eigenvalue weighted by atomic mass is 16.7. The molecule has 1 aliphatic carbocycles. The first kappa shape index (κ1) is 23.3. The second-order valence-electron chi connectivity index (χ2n) is 8.56. The minimum Gasteiger partial charge on any atom is -0.457 e. The Labute approximate surface area is 175 Å². The molecule has 0 unspecified atom stereocenters. The van der Waals surface area contributed by atoms with Gasteiger partial charge in [0.2, 0.25) is 0 Å². The lowest BCUT2D eigenvalue weighted by Crippen LogP contribution is -2.60. The van der Waals surface area contributed by atoms with Crippen LogP contribution in [0.5, 0.6) is 0 Å². The smallest absolute Gasteiger partial charge is 0.309 e. The third-order valence-corrected chi connectivity index (χ3v) is 6.33. The van der Waals surface area contributed by atoms with Crippen LogP contribution in [0.1, 0.15) is 33.6 Å². The van der Waals surface area contributed by atoms with Gasteiger partial charge in [-0.05, 0) is 38.3 Å². The molecule has 0 spiro atoms. The van der Waals surface area contributed by atoms with Gasteiger partial charge in [-0.2, -0.15) is 0 Å². The summed E-state index contributed by atoms with van der Waals surface area (Å²) in [5.41, 5.74) is 1.60. The molecule has 5 N–H and O–H groups in total. The molecule has 2 heterocycles. The van der Waals surface area contributed by atoms with Gasteiger partial charge < -0.3 is 39.7 Å². The predicted octanol–water partition coefficient (Wildman–Crippen LogP) is -0.603. The van der Waals surface area contributed by atoms with E-state index < -0.39 is 67.5 Å². The molecular formula is C21H32O9. The molecule has 0 radical (unpaired) electrons. The zero-order valence-electron chi connectivity index (χ0n) is 17.4. The Morgan fingerprint density at radius 3 is 2.50 bits per heavy atom. The van der Waals surface area contributed by atoms with Crippen molar-refractivity contribution in [3.8, 4) is 0 Å². The predicted molar refractivity (Wildman–Crippen MR) is 104 cm³/mol. The number of ether oxygens (including phenoxy) is 3. The van der Waals surface area contributed by atoms with Gasteiger partial charge in [0, 0.05) is 5.92 Å². The van der Waals surface area contributed by atoms with E-state index in [2.05, 4.69) is 0 Å². The fourth-order valence-electron chi connectivity index (χ4n) is 4.34. The summed E-state index contributed by atoms with van der Waals surface area (Å²) >= 11 is 0. The van der Waals surface area contributed by atoms with Crippen molar-refractivity contribution in [3.05, 3.63) is 23.3 Å². The highest BCUT2D eigenvalue weighted by Crippen LogP contribution is 2.38. The second-order valence-corrected chi connectivity index (χ2v) is 8.56. The van der Waals surface area contributed by atoms with Gasteiger partial charge in [-0.1, -0.05) is 18.6 Å². The first-order chi connectivity index (χ1) is 14.1. The summed E-state index contributed by atoms with van der Waals surface area (Å²) in [4.78, 5) is 12.3. The van der Waals surface area contributed by atoms with Crippen LogP contribution in [0, 0.1) is 11.8 Å². The molecule has 3 rings (SSSR count). The van der Waals surface area contributed by atoms with Crippen molar-refractivity contribution in [3.63, 3.8) is 0 Å². The molecule has 0 bridgehead atoms. The molecular weight excluding hydrogens is 396 g/mol. The van der Waals surface area contributed by atoms with Gasteiger partial charge in [-0.3, -0.25) is 4.79 Å². The Hall–Kier alpha value is -1.33. The Balaban J connectivity index is 1.91. The van der Waals surface area contributed by atoms with Crippen LogP contribution in [0.4, 0.5) is 0 Å². The second kappa shape index (κ2) is 9.44. The first-order valence-electron chi connectivity index (χ1n) is 10.3. The van der Waals surface area contributed by atoms with E-state index in [0.717, 1.165) is 5.57 Å². The van der Waals surface area contributed by atoms with Gasteiger partial charge in [-0.15, -0.1) is 0 Å². The quantitative estimate of drug-likeness (QED) is 0.294. The molecule has 170 valence electrons. The molecule has 0 aromatic rings. The monoisotopic (exact) mass is 428 g/mol. The van der Waals surface area contributed by atoms with E-state index in [9.17, 15) is 30.3 Å². The fraction of sp³-hybridized carbons (Fsp3) is 0.762. The van der Waals surface area contributed by atoms with Crippen LogP contribution < -0.4 is 0 Å². The summed E-state index contributed by atoms with van der Waals surface area (Å²) in [5, 5.41) is 50.2. The van der Waals surface area contributed by atoms with Gasteiger partial charge in [0.1, 0.15) is 30.5 Å². The van der Waals surface area contributed by atoms with Crippen LogP contribution in [-0.4, -0.2) is 87.1 Å². The Morgan fingerprint density at radius 2 is 1.83 bits per heavy atom. The molecule has 0 aromatic heterocycles. The molecule has 0 saturated carbocycles. The molecule has 2 aliphatic heterocycles. The minimum atomic E-state index is -1.55. The number of esters is 1. The first-order valence-corrected chi connectivity index (χ1v) is 10.3. The molecule has 2 saturated heterocycles. The normalized spacial score (nSPS) is 48.7. The zero-order valence-corrected chi connectivity index (χ0v) is 17.4. The number of carbonyl (C=O) groups is 1. The van der Waals surface area contributed by atoms with Gasteiger partial charge in [0.15, 0.2) is 6.29 Å². The molecule has 0 amide bonds. The standard InChI is InChI=1S/C21H32O9/c1-9-4-5-12(23)10(2)7-14-16(11(3)20(27)28-14)13(6-9)29-21-19(26)18(25)17(24)15(8-22)30-21/h4,7,11-19,21-26H,5-6,8H2,1-3H3/b9-4-,10-7+/t11-,12-,13+,14-,15+,16+,17+,18-,19+,21-/m1/s1. The molecule has 30 heavy (non-hydrogen) atoms. The maximum atomic E-state index is 12.3. The number of aliphatic hydroxyl groups excluding tert-OH is 5. The van der Waals surface area contributed by atoms with E-state index in [4.69, 9.17) is 14.2 Å². The summed E-state index contributed by atoms with van der Waals surface area (Å²) < 4.78 is 17.1. The largest absolute Gasteiger partial charge is 0.457 e. The highest BCUT2D eigenvalue weighted by Gasteiger charge is 2.50. The lowest BCUT2D eigenvalue weighted by Gasteiger charge is -2.42. The van der Waals surface area contributed by atoms with Gasteiger partial charge in [0.05, 0.1) is 24.7 Å². The van der Waals surface area contributed by atoms with Crippen LogP contribution in [0.25, 0.3) is 0 Å². The van der Waals surface area contributed by atoms with E-state index in [1.807, 2.05) is 13.0 Å². The number of rotatable bonds is 3. The third kappa shape index (κ3) is 4.62. The summed E-state index contributed by atoms with van der Waals surface area (Å²) in [6, 6.07) is 0. The Kier molecular flexibility index (Phi) is 7.34. The average molecular weight is 428 g/mol. The molecule has 3 aliphatic rings. The van der Waals surface area contributed by atoms with E-state index in [0.29, 0.717) is 18.4 Å². The van der Waals surface area contributed by atoms with E-state index in [-0.39, 0.29) is 5.97 Å². The van der Waals surface area contributed by atoms with Gasteiger partial charge in [0.25, 0.3) is 0 Å². The summed E-state index contributed by atoms with van der Waals surface area (Å²) in [6.45, 7) is 4.84. The number of fused-ring (bicyclic) bond motifs is 1. The molecule has 2 fully saturated rings. The highest BCUT2D eigenvalue weighted by molar-refractivity contribution is 5.75. The average Bonchev–Trinajstić information content (AvgIpc) is 2.98. The third-order valence-electron chi connectivity index (χ3n) is 6.33. The molecule has 9 nitrogen and oxygen atoms in total. The summed E-state index contributed by atoms with van der Waals surface area (Å²) in [5.74, 6) is -1.31. The topological polar surface area (TPSA) is 146 Å². The summed E-state index contributed by atoms with van der Waals surface area (Å²) in [7, 11) is 0. The van der Waals surface area contributed by atoms with Crippen molar-refractivity contribution in [2.75, 3.05) is 6.61 Å². The molecule has 9 heteroatoms. The van der Waals surface area contributed by atoms with Crippen molar-refractivity contribution >= 4 is 5.97 Å². The minimum absolute atomic E-state index is 0.383. The number of aliphatic hydroxyl groups is 5. The molecule has 10 atom stereocenters. The van der Waals surface area contributed by atoms with Crippen molar-refractivity contribution in [1.29, 1.82) is 0 Å². The van der Waals surface area contributed by atoms with Crippen molar-refractivity contribution in [1.82, 2.24) is 0 Å². The lowest BCUT2D eigenvalue weighted by molar-refractivity contribution is -0.315. The lowest BCUT2D eigenvalue weighted by atomic mass is 9.82. The van der Waals surface area contributed by atoms with Crippen LogP contribution >= 0.6 is 0 Å². The Bertz CT molecular complexity index is 688. The number of carbonyl (C=O) groups excluding carboxylic acids is 1. The van der Waals surface area contributed by atoms with Crippen molar-refractivity contribution < 1.29 is 44.5 Å². The van der Waals surface area contributed by atoms with E-state index in [1.165, 1.54) is 0 Å². The van der Waals surface area contributed by atoms with Crippen molar-refractivity contribution in [2.24, 2.45) is 11.8 Å². The molecule has 0 aromatic carbocycles. The maximum Gasteiger partial charge on any atom is 0.309 e. The fourth-order valence-corrected chi connectivity index (χ4v) is 4.34. The zero-order chi connectivity index (χ0) is 22.2. The maximum absolute atomic E-state index is 12.3. The van der Waals surface area contributed by atoms with Crippen LogP contribution in [0.2, 0.25) is 0 Å².